The number of aromatic nitrogens is 2. The van der Waals surface area contributed by atoms with Gasteiger partial charge in [0.2, 0.25) is 21.8 Å². The first-order valence-corrected chi connectivity index (χ1v) is 11.2. The van der Waals surface area contributed by atoms with Gasteiger partial charge in [0.25, 0.3) is 0 Å². The fourth-order valence-corrected chi connectivity index (χ4v) is 5.45. The summed E-state index contributed by atoms with van der Waals surface area (Å²) in [6, 6.07) is 7.12. The van der Waals surface area contributed by atoms with Gasteiger partial charge < -0.3 is 10.2 Å². The molecular formula is C20H27N5O4S. The molecule has 162 valence electrons. The number of aryl methyl sites for hydroxylation is 2. The Hall–Kier alpha value is -2.72. The number of carbonyl (C=O) groups is 2. The lowest BCUT2D eigenvalue weighted by Crippen LogP contribution is -2.51. The second kappa shape index (κ2) is 8.57. The van der Waals surface area contributed by atoms with Crippen LogP contribution in [0.1, 0.15) is 23.9 Å². The van der Waals surface area contributed by atoms with Crippen molar-refractivity contribution in [2.45, 2.75) is 32.1 Å². The van der Waals surface area contributed by atoms with Crippen molar-refractivity contribution in [3.8, 4) is 0 Å². The highest BCUT2D eigenvalue weighted by Crippen LogP contribution is 2.24. The maximum atomic E-state index is 13.1. The fraction of sp³-hybridized carbons (Fsp3) is 0.450. The number of sulfonamides is 1. The van der Waals surface area contributed by atoms with Crippen LogP contribution >= 0.6 is 0 Å². The van der Waals surface area contributed by atoms with E-state index in [-0.39, 0.29) is 36.2 Å². The topological polar surface area (TPSA) is 105 Å². The molecule has 1 aromatic carbocycles. The quantitative estimate of drug-likeness (QED) is 0.760. The molecule has 30 heavy (non-hydrogen) atoms. The van der Waals surface area contributed by atoms with Crippen LogP contribution in [0.25, 0.3) is 0 Å². The highest BCUT2D eigenvalue weighted by Gasteiger charge is 2.33. The summed E-state index contributed by atoms with van der Waals surface area (Å²) in [7, 11) is -1.92. The summed E-state index contributed by atoms with van der Waals surface area (Å²) in [5, 5.41) is 6.89. The van der Waals surface area contributed by atoms with Crippen LogP contribution < -0.4 is 5.32 Å². The first kappa shape index (κ1) is 22.0. The van der Waals surface area contributed by atoms with E-state index in [2.05, 4.69) is 10.4 Å². The maximum absolute atomic E-state index is 13.1. The number of rotatable bonds is 5. The lowest BCUT2D eigenvalue weighted by Gasteiger charge is -2.34. The minimum absolute atomic E-state index is 0.0481. The van der Waals surface area contributed by atoms with E-state index < -0.39 is 10.0 Å². The van der Waals surface area contributed by atoms with Crippen LogP contribution in [0.4, 0.5) is 5.69 Å². The van der Waals surface area contributed by atoms with Crippen LogP contribution in [0, 0.1) is 13.8 Å². The molecule has 2 amide bonds. The molecule has 0 unspecified atom stereocenters. The molecule has 0 spiro atoms. The van der Waals surface area contributed by atoms with Crippen molar-refractivity contribution >= 4 is 27.5 Å². The molecule has 1 saturated heterocycles. The van der Waals surface area contributed by atoms with E-state index in [4.69, 9.17) is 0 Å². The van der Waals surface area contributed by atoms with Crippen LogP contribution in [-0.4, -0.2) is 65.4 Å². The van der Waals surface area contributed by atoms with Crippen LogP contribution in [-0.2, 0) is 33.1 Å². The second-order valence-electron chi connectivity index (χ2n) is 7.46. The van der Waals surface area contributed by atoms with Crippen molar-refractivity contribution in [2.24, 2.45) is 7.05 Å². The lowest BCUT2D eigenvalue weighted by molar-refractivity contribution is -0.131. The van der Waals surface area contributed by atoms with E-state index in [0.29, 0.717) is 30.2 Å². The van der Waals surface area contributed by atoms with Crippen LogP contribution in [0.15, 0.2) is 29.2 Å². The molecular weight excluding hydrogens is 406 g/mol. The number of amides is 2. The molecule has 10 heteroatoms. The zero-order chi connectivity index (χ0) is 22.1. The number of carbonyl (C=O) groups excluding carboxylic acids is 2. The molecule has 2 aromatic rings. The van der Waals surface area contributed by atoms with Crippen molar-refractivity contribution in [1.82, 2.24) is 19.0 Å². The fourth-order valence-electron chi connectivity index (χ4n) is 3.63. The maximum Gasteiger partial charge on any atom is 0.246 e. The monoisotopic (exact) mass is 433 g/mol. The molecule has 0 atom stereocenters. The van der Waals surface area contributed by atoms with Gasteiger partial charge in [0, 0.05) is 45.8 Å². The summed E-state index contributed by atoms with van der Waals surface area (Å²) in [6.45, 7) is 6.07. The van der Waals surface area contributed by atoms with Gasteiger partial charge in [-0.05, 0) is 31.5 Å². The predicted octanol–water partition coefficient (Wildman–Crippen LogP) is 1.07. The first-order chi connectivity index (χ1) is 14.1. The van der Waals surface area contributed by atoms with E-state index in [1.165, 1.54) is 11.2 Å². The largest absolute Gasteiger partial charge is 0.340 e. The highest BCUT2D eigenvalue weighted by atomic mass is 32.2. The third kappa shape index (κ3) is 4.54. The van der Waals surface area contributed by atoms with Gasteiger partial charge in [-0.3, -0.25) is 14.3 Å². The minimum Gasteiger partial charge on any atom is -0.340 e. The van der Waals surface area contributed by atoms with E-state index in [1.54, 1.807) is 54.7 Å². The molecule has 1 fully saturated rings. The molecule has 1 aromatic heterocycles. The molecule has 1 aliphatic heterocycles. The normalized spacial score (nSPS) is 15.3. The molecule has 0 aliphatic carbocycles. The second-order valence-corrected chi connectivity index (χ2v) is 9.34. The Morgan fingerprint density at radius 2 is 1.67 bits per heavy atom. The highest BCUT2D eigenvalue weighted by molar-refractivity contribution is 7.89. The van der Waals surface area contributed by atoms with Crippen LogP contribution in [0.5, 0.6) is 0 Å². The Morgan fingerprint density at radius 1 is 1.07 bits per heavy atom. The Labute approximate surface area is 176 Å². The molecule has 0 saturated carbocycles. The predicted molar refractivity (Wildman–Crippen MR) is 112 cm³/mol. The summed E-state index contributed by atoms with van der Waals surface area (Å²) in [5.74, 6) is -0.198. The third-order valence-corrected chi connectivity index (χ3v) is 7.41. The Kier molecular flexibility index (Phi) is 6.27. The Balaban J connectivity index is 1.61. The standard InChI is InChI=1S/C20H27N5O4S/c1-14-20(15(2)23(4)22-14)30(28,29)25-11-9-24(10-12-25)19(27)13-17-5-7-18(8-6-17)21-16(3)26/h5-8H,9-13H2,1-4H3,(H,21,26). The summed E-state index contributed by atoms with van der Waals surface area (Å²) >= 11 is 0. The average molecular weight is 434 g/mol. The van der Waals surface area contributed by atoms with Crippen molar-refractivity contribution in [2.75, 3.05) is 31.5 Å². The van der Waals surface area contributed by atoms with E-state index in [0.717, 1.165) is 5.56 Å². The number of piperazine rings is 1. The van der Waals surface area contributed by atoms with Gasteiger partial charge in [-0.2, -0.15) is 9.40 Å². The number of benzene rings is 1. The van der Waals surface area contributed by atoms with E-state index in [9.17, 15) is 18.0 Å². The number of nitrogens with one attached hydrogen (secondary N) is 1. The first-order valence-electron chi connectivity index (χ1n) is 9.74. The number of hydrogen-bond donors (Lipinski definition) is 1. The molecule has 1 aliphatic rings. The van der Waals surface area contributed by atoms with Gasteiger partial charge >= 0.3 is 0 Å². The molecule has 0 radical (unpaired) electrons. The van der Waals surface area contributed by atoms with Crippen molar-refractivity contribution < 1.29 is 18.0 Å². The molecule has 0 bridgehead atoms. The van der Waals surface area contributed by atoms with Crippen molar-refractivity contribution in [1.29, 1.82) is 0 Å². The van der Waals surface area contributed by atoms with Gasteiger partial charge in [0.05, 0.1) is 17.8 Å². The van der Waals surface area contributed by atoms with Crippen LogP contribution in [0.3, 0.4) is 0 Å². The molecule has 2 heterocycles. The van der Waals surface area contributed by atoms with Gasteiger partial charge in [-0.15, -0.1) is 0 Å². The lowest BCUT2D eigenvalue weighted by atomic mass is 10.1. The summed E-state index contributed by atoms with van der Waals surface area (Å²) in [6.07, 6.45) is 0.230. The Morgan fingerprint density at radius 3 is 2.17 bits per heavy atom. The van der Waals surface area contributed by atoms with Crippen molar-refractivity contribution in [3.63, 3.8) is 0 Å². The zero-order valence-electron chi connectivity index (χ0n) is 17.7. The summed E-state index contributed by atoms with van der Waals surface area (Å²) < 4.78 is 29.1. The summed E-state index contributed by atoms with van der Waals surface area (Å²) in [5.41, 5.74) is 2.61. The summed E-state index contributed by atoms with van der Waals surface area (Å²) in [4.78, 5) is 25.7. The number of hydrogen-bond acceptors (Lipinski definition) is 5. The number of nitrogens with zero attached hydrogens (tertiary/aromatic N) is 4. The SMILES string of the molecule is CC(=O)Nc1ccc(CC(=O)N2CCN(S(=O)(=O)c3c(C)nn(C)c3C)CC2)cc1. The molecule has 1 N–H and O–H groups in total. The van der Waals surface area contributed by atoms with Gasteiger partial charge in [-0.25, -0.2) is 8.42 Å². The van der Waals surface area contributed by atoms with Gasteiger partial charge in [0.1, 0.15) is 4.90 Å². The molecule has 3 rings (SSSR count). The van der Waals surface area contributed by atoms with Gasteiger partial charge in [0.15, 0.2) is 0 Å². The van der Waals surface area contributed by atoms with E-state index >= 15 is 0 Å². The van der Waals surface area contributed by atoms with Gasteiger partial charge in [-0.1, -0.05) is 12.1 Å². The van der Waals surface area contributed by atoms with Crippen molar-refractivity contribution in [3.05, 3.63) is 41.2 Å². The Bertz CT molecular complexity index is 1050. The third-order valence-electron chi connectivity index (χ3n) is 5.26. The number of anilines is 1. The minimum atomic E-state index is -3.65. The smallest absolute Gasteiger partial charge is 0.246 e. The van der Waals surface area contributed by atoms with Crippen LogP contribution in [0.2, 0.25) is 0 Å². The zero-order valence-corrected chi connectivity index (χ0v) is 18.5. The van der Waals surface area contributed by atoms with E-state index in [1.807, 2.05) is 0 Å². The molecule has 9 nitrogen and oxygen atoms in total. The average Bonchev–Trinajstić information content (AvgIpc) is 2.95.